The van der Waals surface area contributed by atoms with Gasteiger partial charge in [0.25, 0.3) is 0 Å². The van der Waals surface area contributed by atoms with Crippen LogP contribution in [0.1, 0.15) is 26.7 Å². The molecule has 84 valence electrons. The van der Waals surface area contributed by atoms with Crippen molar-refractivity contribution in [2.75, 3.05) is 30.4 Å². The predicted molar refractivity (Wildman–Crippen MR) is 64.4 cm³/mol. The average molecular weight is 208 g/mol. The molecule has 1 rings (SSSR count). The number of hydrogen-bond acceptors (Lipinski definition) is 4. The molecule has 0 spiro atoms. The lowest BCUT2D eigenvalue weighted by Gasteiger charge is -2.17. The summed E-state index contributed by atoms with van der Waals surface area (Å²) in [6.45, 7) is 6.12. The lowest BCUT2D eigenvalue weighted by atomic mass is 10.3. The number of nitrogens with zero attached hydrogens (tertiary/aromatic N) is 3. The van der Waals surface area contributed by atoms with E-state index in [0.29, 0.717) is 5.95 Å². The Balaban J connectivity index is 2.62. The molecule has 0 radical (unpaired) electrons. The zero-order valence-electron chi connectivity index (χ0n) is 9.82. The first kappa shape index (κ1) is 11.8. The highest BCUT2D eigenvalue weighted by atomic mass is 15.2. The molecule has 1 aromatic heterocycles. The standard InChI is InChI=1S/C11H20N4/c1-4-6-9-15(3)10-7-8-13-11(14-10)12-5-2/h7-8H,4-6,9H2,1-3H3,(H,12,13,14). The van der Waals surface area contributed by atoms with Gasteiger partial charge in [0, 0.05) is 26.3 Å². The normalized spacial score (nSPS) is 10.1. The van der Waals surface area contributed by atoms with Crippen molar-refractivity contribution >= 4 is 11.8 Å². The van der Waals surface area contributed by atoms with Gasteiger partial charge < -0.3 is 10.2 Å². The van der Waals surface area contributed by atoms with Crippen LogP contribution in [0.2, 0.25) is 0 Å². The summed E-state index contributed by atoms with van der Waals surface area (Å²) < 4.78 is 0. The molecule has 4 heteroatoms. The topological polar surface area (TPSA) is 41.1 Å². The van der Waals surface area contributed by atoms with Crippen LogP contribution in [0, 0.1) is 0 Å². The Kier molecular flexibility index (Phi) is 4.87. The lowest BCUT2D eigenvalue weighted by molar-refractivity contribution is 0.758. The molecule has 4 nitrogen and oxygen atoms in total. The summed E-state index contributed by atoms with van der Waals surface area (Å²) in [5.74, 6) is 1.69. The summed E-state index contributed by atoms with van der Waals surface area (Å²) >= 11 is 0. The summed E-state index contributed by atoms with van der Waals surface area (Å²) in [4.78, 5) is 10.7. The van der Waals surface area contributed by atoms with Crippen LogP contribution in [-0.2, 0) is 0 Å². The van der Waals surface area contributed by atoms with Crippen LogP contribution in [0.25, 0.3) is 0 Å². The van der Waals surface area contributed by atoms with E-state index in [4.69, 9.17) is 0 Å². The molecule has 0 atom stereocenters. The van der Waals surface area contributed by atoms with Crippen LogP contribution >= 0.6 is 0 Å². The highest BCUT2D eigenvalue weighted by Crippen LogP contribution is 2.10. The Hall–Kier alpha value is -1.32. The predicted octanol–water partition coefficient (Wildman–Crippen LogP) is 2.14. The quantitative estimate of drug-likeness (QED) is 0.777. The number of anilines is 2. The van der Waals surface area contributed by atoms with Crippen LogP contribution in [0.15, 0.2) is 12.3 Å². The SMILES string of the molecule is CCCCN(C)c1ccnc(NCC)n1. The van der Waals surface area contributed by atoms with Crippen LogP contribution in [-0.4, -0.2) is 30.1 Å². The van der Waals surface area contributed by atoms with E-state index in [-0.39, 0.29) is 0 Å². The van der Waals surface area contributed by atoms with E-state index in [2.05, 4.69) is 34.2 Å². The number of aromatic nitrogens is 2. The molecular formula is C11H20N4. The second kappa shape index (κ2) is 6.22. The van der Waals surface area contributed by atoms with Gasteiger partial charge >= 0.3 is 0 Å². The van der Waals surface area contributed by atoms with Crippen molar-refractivity contribution in [1.82, 2.24) is 9.97 Å². The molecule has 0 amide bonds. The molecule has 15 heavy (non-hydrogen) atoms. The first-order valence-electron chi connectivity index (χ1n) is 5.56. The Morgan fingerprint density at radius 1 is 1.40 bits per heavy atom. The highest BCUT2D eigenvalue weighted by Gasteiger charge is 2.02. The second-order valence-corrected chi connectivity index (χ2v) is 3.54. The Labute approximate surface area is 91.7 Å². The van der Waals surface area contributed by atoms with Crippen LogP contribution in [0.4, 0.5) is 11.8 Å². The third-order valence-corrected chi connectivity index (χ3v) is 2.21. The smallest absolute Gasteiger partial charge is 0.224 e. The van der Waals surface area contributed by atoms with Crippen molar-refractivity contribution in [3.05, 3.63) is 12.3 Å². The van der Waals surface area contributed by atoms with Crippen molar-refractivity contribution in [2.45, 2.75) is 26.7 Å². The first-order valence-corrected chi connectivity index (χ1v) is 5.56. The van der Waals surface area contributed by atoms with E-state index in [1.807, 2.05) is 13.0 Å². The average Bonchev–Trinajstić information content (AvgIpc) is 2.27. The fourth-order valence-corrected chi connectivity index (χ4v) is 1.31. The van der Waals surface area contributed by atoms with Gasteiger partial charge in [0.05, 0.1) is 0 Å². The van der Waals surface area contributed by atoms with Crippen molar-refractivity contribution in [1.29, 1.82) is 0 Å². The van der Waals surface area contributed by atoms with Gasteiger partial charge in [-0.25, -0.2) is 4.98 Å². The van der Waals surface area contributed by atoms with E-state index in [0.717, 1.165) is 18.9 Å². The number of nitrogens with one attached hydrogen (secondary N) is 1. The number of hydrogen-bond donors (Lipinski definition) is 1. The maximum Gasteiger partial charge on any atom is 0.224 e. The van der Waals surface area contributed by atoms with Gasteiger partial charge in [-0.3, -0.25) is 0 Å². The van der Waals surface area contributed by atoms with Crippen molar-refractivity contribution in [3.63, 3.8) is 0 Å². The maximum absolute atomic E-state index is 4.42. The molecule has 1 heterocycles. The molecule has 0 fully saturated rings. The van der Waals surface area contributed by atoms with Gasteiger partial charge in [0.15, 0.2) is 0 Å². The highest BCUT2D eigenvalue weighted by molar-refractivity contribution is 5.41. The molecule has 0 saturated carbocycles. The van der Waals surface area contributed by atoms with Crippen LogP contribution in [0.3, 0.4) is 0 Å². The summed E-state index contributed by atoms with van der Waals surface area (Å²) in [6, 6.07) is 1.94. The van der Waals surface area contributed by atoms with E-state index in [9.17, 15) is 0 Å². The minimum absolute atomic E-state index is 0.707. The third-order valence-electron chi connectivity index (χ3n) is 2.21. The Morgan fingerprint density at radius 3 is 2.87 bits per heavy atom. The zero-order chi connectivity index (χ0) is 11.1. The van der Waals surface area contributed by atoms with Gasteiger partial charge in [-0.2, -0.15) is 4.98 Å². The van der Waals surface area contributed by atoms with Gasteiger partial charge in [0.1, 0.15) is 5.82 Å². The number of unbranched alkanes of at least 4 members (excludes halogenated alkanes) is 1. The van der Waals surface area contributed by atoms with E-state index >= 15 is 0 Å². The molecule has 1 N–H and O–H groups in total. The molecule has 0 unspecified atom stereocenters. The summed E-state index contributed by atoms with van der Waals surface area (Å²) in [5, 5.41) is 3.11. The first-order chi connectivity index (χ1) is 7.27. The minimum atomic E-state index is 0.707. The fourth-order valence-electron chi connectivity index (χ4n) is 1.31. The van der Waals surface area contributed by atoms with Crippen molar-refractivity contribution < 1.29 is 0 Å². The second-order valence-electron chi connectivity index (χ2n) is 3.54. The van der Waals surface area contributed by atoms with E-state index < -0.39 is 0 Å². The van der Waals surface area contributed by atoms with Gasteiger partial charge in [-0.1, -0.05) is 13.3 Å². The summed E-state index contributed by atoms with van der Waals surface area (Å²) in [7, 11) is 2.06. The number of rotatable bonds is 6. The maximum atomic E-state index is 4.42. The monoisotopic (exact) mass is 208 g/mol. The zero-order valence-corrected chi connectivity index (χ0v) is 9.82. The lowest BCUT2D eigenvalue weighted by Crippen LogP contribution is -2.20. The third kappa shape index (κ3) is 3.73. The molecule has 0 aromatic carbocycles. The Morgan fingerprint density at radius 2 is 2.20 bits per heavy atom. The minimum Gasteiger partial charge on any atom is -0.360 e. The Bertz CT molecular complexity index is 288. The van der Waals surface area contributed by atoms with Crippen molar-refractivity contribution in [2.24, 2.45) is 0 Å². The van der Waals surface area contributed by atoms with Gasteiger partial charge in [-0.15, -0.1) is 0 Å². The summed E-state index contributed by atoms with van der Waals surface area (Å²) in [6.07, 6.45) is 4.19. The fraction of sp³-hybridized carbons (Fsp3) is 0.636. The molecule has 0 aliphatic carbocycles. The summed E-state index contributed by atoms with van der Waals surface area (Å²) in [5.41, 5.74) is 0. The van der Waals surface area contributed by atoms with E-state index in [1.165, 1.54) is 12.8 Å². The van der Waals surface area contributed by atoms with Crippen molar-refractivity contribution in [3.8, 4) is 0 Å². The molecule has 0 aliphatic heterocycles. The molecule has 0 bridgehead atoms. The molecular weight excluding hydrogens is 188 g/mol. The van der Waals surface area contributed by atoms with Gasteiger partial charge in [-0.05, 0) is 19.4 Å². The largest absolute Gasteiger partial charge is 0.360 e. The molecule has 0 saturated heterocycles. The van der Waals surface area contributed by atoms with Gasteiger partial charge in [0.2, 0.25) is 5.95 Å². The molecule has 1 aromatic rings. The molecule has 0 aliphatic rings. The van der Waals surface area contributed by atoms with E-state index in [1.54, 1.807) is 6.20 Å². The van der Waals surface area contributed by atoms with Crippen LogP contribution < -0.4 is 10.2 Å². The van der Waals surface area contributed by atoms with Crippen LogP contribution in [0.5, 0.6) is 0 Å².